The van der Waals surface area contributed by atoms with Crippen molar-refractivity contribution in [2.45, 2.75) is 91.6 Å². The molecule has 38 heavy (non-hydrogen) atoms. The first-order valence-corrected chi connectivity index (χ1v) is 14.7. The molecular formula is C32H41NO4S. The Labute approximate surface area is 232 Å². The molecule has 2 aliphatic rings. The van der Waals surface area contributed by atoms with Crippen LogP contribution in [0.3, 0.4) is 0 Å². The standard InChI is InChI=1S/C32H41NO4S/c1-7-8-9-10-11-12-26-21(2)22(3)29-27(23(26)4)17-18-32(5,37-29)20-36-25-15-13-24(14-16-25)19-28-30(34)33(6)31(35)38-28/h13-16,19H,7-12,17-18,20H2,1-6H3/b28-19-. The smallest absolute Gasteiger partial charge is 0.293 e. The number of benzene rings is 2. The highest BCUT2D eigenvalue weighted by Gasteiger charge is 2.35. The topological polar surface area (TPSA) is 55.8 Å². The number of fused-ring (bicyclic) bond motifs is 1. The Kier molecular flexibility index (Phi) is 8.92. The van der Waals surface area contributed by atoms with E-state index in [-0.39, 0.29) is 11.1 Å². The van der Waals surface area contributed by atoms with Gasteiger partial charge in [0.2, 0.25) is 0 Å². The molecule has 0 spiro atoms. The van der Waals surface area contributed by atoms with Crippen LogP contribution in [0.15, 0.2) is 29.2 Å². The Morgan fingerprint density at radius 1 is 1.03 bits per heavy atom. The van der Waals surface area contributed by atoms with Crippen molar-refractivity contribution in [2.75, 3.05) is 13.7 Å². The molecule has 0 aromatic heterocycles. The molecule has 2 heterocycles. The number of thioether (sulfide) groups is 1. The molecule has 6 heteroatoms. The molecule has 1 fully saturated rings. The van der Waals surface area contributed by atoms with Crippen molar-refractivity contribution >= 4 is 29.0 Å². The van der Waals surface area contributed by atoms with Crippen molar-refractivity contribution in [3.63, 3.8) is 0 Å². The number of carbonyl (C=O) groups excluding carboxylic acids is 2. The zero-order valence-corrected chi connectivity index (χ0v) is 24.6. The van der Waals surface area contributed by atoms with E-state index >= 15 is 0 Å². The average Bonchev–Trinajstić information content (AvgIpc) is 3.14. The van der Waals surface area contributed by atoms with Crippen LogP contribution in [0.5, 0.6) is 11.5 Å². The first-order valence-electron chi connectivity index (χ1n) is 13.9. The summed E-state index contributed by atoms with van der Waals surface area (Å²) in [6, 6.07) is 7.60. The quantitative estimate of drug-likeness (QED) is 0.228. The highest BCUT2D eigenvalue weighted by molar-refractivity contribution is 8.18. The van der Waals surface area contributed by atoms with Crippen molar-refractivity contribution < 1.29 is 19.1 Å². The highest BCUT2D eigenvalue weighted by atomic mass is 32.2. The summed E-state index contributed by atoms with van der Waals surface area (Å²) in [5.74, 6) is 1.54. The van der Waals surface area contributed by atoms with Gasteiger partial charge in [-0.1, -0.05) is 44.7 Å². The number of hydrogen-bond acceptors (Lipinski definition) is 5. The largest absolute Gasteiger partial charge is 0.489 e. The Hall–Kier alpha value is -2.73. The Balaban J connectivity index is 1.40. The van der Waals surface area contributed by atoms with Crippen LogP contribution in [0.4, 0.5) is 4.79 Å². The van der Waals surface area contributed by atoms with Crippen LogP contribution >= 0.6 is 11.8 Å². The molecule has 0 aliphatic carbocycles. The van der Waals surface area contributed by atoms with Crippen molar-refractivity contribution in [1.29, 1.82) is 0 Å². The third-order valence-electron chi connectivity index (χ3n) is 8.03. The second kappa shape index (κ2) is 12.0. The van der Waals surface area contributed by atoms with Crippen molar-refractivity contribution in [3.8, 4) is 11.5 Å². The molecular weight excluding hydrogens is 494 g/mol. The molecule has 1 saturated heterocycles. The number of unbranched alkanes of at least 4 members (excludes halogenated alkanes) is 4. The maximum Gasteiger partial charge on any atom is 0.293 e. The average molecular weight is 536 g/mol. The number of imide groups is 1. The van der Waals surface area contributed by atoms with Gasteiger partial charge in [-0.15, -0.1) is 0 Å². The van der Waals surface area contributed by atoms with Crippen LogP contribution in [0, 0.1) is 20.8 Å². The minimum Gasteiger partial charge on any atom is -0.489 e. The Bertz CT molecular complexity index is 1230. The molecule has 2 aromatic rings. The van der Waals surface area contributed by atoms with E-state index in [1.807, 2.05) is 24.3 Å². The van der Waals surface area contributed by atoms with Gasteiger partial charge in [0.15, 0.2) is 0 Å². The zero-order valence-electron chi connectivity index (χ0n) is 23.7. The third kappa shape index (κ3) is 6.12. The van der Waals surface area contributed by atoms with Gasteiger partial charge in [0, 0.05) is 7.05 Å². The maximum atomic E-state index is 12.1. The summed E-state index contributed by atoms with van der Waals surface area (Å²) < 4.78 is 12.9. The first kappa shape index (κ1) is 28.3. The molecule has 1 unspecified atom stereocenters. The fourth-order valence-corrected chi connectivity index (χ4v) is 6.19. The van der Waals surface area contributed by atoms with Gasteiger partial charge in [0.25, 0.3) is 11.1 Å². The fraction of sp³-hybridized carbons (Fsp3) is 0.500. The number of carbonyl (C=O) groups is 2. The van der Waals surface area contributed by atoms with Gasteiger partial charge in [-0.2, -0.15) is 0 Å². The summed E-state index contributed by atoms with van der Waals surface area (Å²) in [4.78, 5) is 25.4. The molecule has 2 aromatic carbocycles. The number of likely N-dealkylation sites (N-methyl/N-ethyl adjacent to an activating group) is 1. The lowest BCUT2D eigenvalue weighted by Crippen LogP contribution is -2.42. The van der Waals surface area contributed by atoms with E-state index < -0.39 is 5.60 Å². The molecule has 0 N–H and O–H groups in total. The summed E-state index contributed by atoms with van der Waals surface area (Å²) in [5.41, 5.74) is 7.39. The van der Waals surface area contributed by atoms with E-state index in [1.54, 1.807) is 6.08 Å². The van der Waals surface area contributed by atoms with Crippen LogP contribution in [-0.2, 0) is 17.6 Å². The maximum absolute atomic E-state index is 12.1. The number of ether oxygens (including phenoxy) is 2. The Morgan fingerprint density at radius 2 is 1.74 bits per heavy atom. The lowest BCUT2D eigenvalue weighted by Gasteiger charge is -2.38. The van der Waals surface area contributed by atoms with Gasteiger partial charge in [-0.3, -0.25) is 14.5 Å². The molecule has 4 rings (SSSR count). The summed E-state index contributed by atoms with van der Waals surface area (Å²) >= 11 is 0.965. The summed E-state index contributed by atoms with van der Waals surface area (Å²) in [6.07, 6.45) is 11.3. The lowest BCUT2D eigenvalue weighted by molar-refractivity contribution is -0.121. The molecule has 1 atom stereocenters. The lowest BCUT2D eigenvalue weighted by atomic mass is 9.84. The molecule has 0 saturated carbocycles. The third-order valence-corrected chi connectivity index (χ3v) is 8.99. The van der Waals surface area contributed by atoms with Crippen molar-refractivity contribution in [1.82, 2.24) is 4.90 Å². The van der Waals surface area contributed by atoms with E-state index in [4.69, 9.17) is 9.47 Å². The second-order valence-corrected chi connectivity index (χ2v) is 12.0. The van der Waals surface area contributed by atoms with Gasteiger partial charge in [0.05, 0.1) is 4.91 Å². The van der Waals surface area contributed by atoms with Crippen LogP contribution < -0.4 is 9.47 Å². The predicted octanol–water partition coefficient (Wildman–Crippen LogP) is 7.95. The molecule has 0 radical (unpaired) electrons. The highest BCUT2D eigenvalue weighted by Crippen LogP contribution is 2.41. The fourth-order valence-electron chi connectivity index (χ4n) is 5.36. The normalized spacial score (nSPS) is 20.2. The first-order chi connectivity index (χ1) is 18.1. The van der Waals surface area contributed by atoms with Gasteiger partial charge < -0.3 is 9.47 Å². The van der Waals surface area contributed by atoms with E-state index in [9.17, 15) is 9.59 Å². The number of hydrogen-bond donors (Lipinski definition) is 0. The van der Waals surface area contributed by atoms with Gasteiger partial charge >= 0.3 is 0 Å². The monoisotopic (exact) mass is 535 g/mol. The van der Waals surface area contributed by atoms with Crippen LogP contribution in [0.2, 0.25) is 0 Å². The van der Waals surface area contributed by atoms with Gasteiger partial charge in [0.1, 0.15) is 23.7 Å². The summed E-state index contributed by atoms with van der Waals surface area (Å²) in [7, 11) is 1.50. The number of rotatable bonds is 10. The number of nitrogens with zero attached hydrogens (tertiary/aromatic N) is 1. The minimum atomic E-state index is -0.406. The van der Waals surface area contributed by atoms with E-state index in [2.05, 4.69) is 34.6 Å². The minimum absolute atomic E-state index is 0.247. The molecule has 0 bridgehead atoms. The predicted molar refractivity (Wildman–Crippen MR) is 156 cm³/mol. The van der Waals surface area contributed by atoms with Crippen molar-refractivity contribution in [3.05, 3.63) is 62.6 Å². The van der Waals surface area contributed by atoms with Crippen molar-refractivity contribution in [2.24, 2.45) is 0 Å². The van der Waals surface area contributed by atoms with E-state index in [0.717, 1.165) is 53.0 Å². The Morgan fingerprint density at radius 3 is 2.39 bits per heavy atom. The van der Waals surface area contributed by atoms with Gasteiger partial charge in [-0.05, 0) is 117 Å². The summed E-state index contributed by atoms with van der Waals surface area (Å²) in [6.45, 7) is 11.6. The SMILES string of the molecule is CCCCCCCc1c(C)c(C)c2c(c1C)CCC(C)(COc1ccc(/C=C3\SC(=O)N(C)C3=O)cc1)O2. The van der Waals surface area contributed by atoms with Crippen LogP contribution in [-0.4, -0.2) is 35.3 Å². The molecule has 204 valence electrons. The molecule has 5 nitrogen and oxygen atoms in total. The van der Waals surface area contributed by atoms with E-state index in [0.29, 0.717) is 11.5 Å². The number of amides is 2. The molecule has 2 amide bonds. The van der Waals surface area contributed by atoms with E-state index in [1.165, 1.54) is 67.0 Å². The second-order valence-electron chi connectivity index (χ2n) is 11.0. The molecule has 2 aliphatic heterocycles. The van der Waals surface area contributed by atoms with Crippen LogP contribution in [0.1, 0.15) is 85.8 Å². The summed E-state index contributed by atoms with van der Waals surface area (Å²) in [5, 5.41) is -0.247. The zero-order chi connectivity index (χ0) is 27.4. The van der Waals surface area contributed by atoms with Crippen LogP contribution in [0.25, 0.3) is 6.08 Å². The van der Waals surface area contributed by atoms with Gasteiger partial charge in [-0.25, -0.2) is 0 Å².